The second kappa shape index (κ2) is 6.00. The monoisotopic (exact) mass is 272 g/mol. The second-order valence-corrected chi connectivity index (χ2v) is 5.54. The highest BCUT2D eigenvalue weighted by molar-refractivity contribution is 6.30. The van der Waals surface area contributed by atoms with Crippen molar-refractivity contribution < 1.29 is 4.39 Å². The van der Waals surface area contributed by atoms with Gasteiger partial charge in [0.05, 0.1) is 5.02 Å². The van der Waals surface area contributed by atoms with E-state index in [9.17, 15) is 4.39 Å². The standard InChI is InChI=1S/C14H22ClFN2/c1-5-14(2,18(3)4)12(17)9-10-7-6-8-11(15)13(10)16/h6-8,12H,5,9,17H2,1-4H3. The molecule has 2 nitrogen and oxygen atoms in total. The van der Waals surface area contributed by atoms with Gasteiger partial charge in [-0.3, -0.25) is 0 Å². The molecule has 1 aromatic carbocycles. The molecule has 0 aliphatic carbocycles. The predicted molar refractivity (Wildman–Crippen MR) is 75.5 cm³/mol. The van der Waals surface area contributed by atoms with Crippen molar-refractivity contribution in [2.75, 3.05) is 14.1 Å². The Morgan fingerprint density at radius 1 is 1.44 bits per heavy atom. The maximum Gasteiger partial charge on any atom is 0.145 e. The fourth-order valence-electron chi connectivity index (χ4n) is 2.07. The molecule has 0 saturated heterocycles. The van der Waals surface area contributed by atoms with Gasteiger partial charge in [-0.05, 0) is 45.5 Å². The van der Waals surface area contributed by atoms with Crippen LogP contribution in [0.15, 0.2) is 18.2 Å². The molecule has 2 N–H and O–H groups in total. The molecular weight excluding hydrogens is 251 g/mol. The first kappa shape index (κ1) is 15.4. The van der Waals surface area contributed by atoms with Crippen molar-refractivity contribution in [3.05, 3.63) is 34.6 Å². The van der Waals surface area contributed by atoms with Crippen LogP contribution in [0.1, 0.15) is 25.8 Å². The Balaban J connectivity index is 2.93. The van der Waals surface area contributed by atoms with Crippen LogP contribution >= 0.6 is 11.6 Å². The van der Waals surface area contributed by atoms with Gasteiger partial charge < -0.3 is 10.6 Å². The van der Waals surface area contributed by atoms with Crippen LogP contribution < -0.4 is 5.73 Å². The van der Waals surface area contributed by atoms with Gasteiger partial charge in [0, 0.05) is 11.6 Å². The zero-order chi connectivity index (χ0) is 13.9. The fourth-order valence-corrected chi connectivity index (χ4v) is 2.27. The molecule has 2 unspecified atom stereocenters. The van der Waals surface area contributed by atoms with E-state index in [1.807, 2.05) is 14.1 Å². The lowest BCUT2D eigenvalue weighted by Gasteiger charge is -2.41. The first-order chi connectivity index (χ1) is 8.32. The minimum atomic E-state index is -0.355. The van der Waals surface area contributed by atoms with Gasteiger partial charge in [0.15, 0.2) is 0 Å². The van der Waals surface area contributed by atoms with E-state index in [2.05, 4.69) is 18.7 Å². The van der Waals surface area contributed by atoms with Crippen molar-refractivity contribution >= 4 is 11.6 Å². The Kier molecular flexibility index (Phi) is 5.14. The summed E-state index contributed by atoms with van der Waals surface area (Å²) in [6.07, 6.45) is 1.39. The van der Waals surface area contributed by atoms with Crippen LogP contribution in [0, 0.1) is 5.82 Å². The summed E-state index contributed by atoms with van der Waals surface area (Å²) < 4.78 is 13.9. The number of halogens is 2. The Morgan fingerprint density at radius 2 is 2.06 bits per heavy atom. The van der Waals surface area contributed by atoms with E-state index in [1.54, 1.807) is 18.2 Å². The highest BCUT2D eigenvalue weighted by Crippen LogP contribution is 2.25. The number of hydrogen-bond donors (Lipinski definition) is 1. The summed E-state index contributed by atoms with van der Waals surface area (Å²) in [6, 6.07) is 4.90. The first-order valence-corrected chi connectivity index (χ1v) is 6.56. The lowest BCUT2D eigenvalue weighted by molar-refractivity contribution is 0.131. The predicted octanol–water partition coefficient (Wildman–Crippen LogP) is 3.08. The van der Waals surface area contributed by atoms with Crippen LogP contribution in [-0.4, -0.2) is 30.6 Å². The molecule has 4 heteroatoms. The normalized spacial score (nSPS) is 16.7. The fraction of sp³-hybridized carbons (Fsp3) is 0.571. The Bertz CT molecular complexity index is 409. The van der Waals surface area contributed by atoms with E-state index in [1.165, 1.54) is 0 Å². The number of likely N-dealkylation sites (N-methyl/N-ethyl adjacent to an activating group) is 1. The van der Waals surface area contributed by atoms with Gasteiger partial charge in [-0.1, -0.05) is 30.7 Å². The van der Waals surface area contributed by atoms with Gasteiger partial charge in [-0.2, -0.15) is 0 Å². The summed E-state index contributed by atoms with van der Waals surface area (Å²) in [5, 5.41) is 0.155. The first-order valence-electron chi connectivity index (χ1n) is 6.18. The van der Waals surface area contributed by atoms with Gasteiger partial charge >= 0.3 is 0 Å². The third-order valence-corrected chi connectivity index (χ3v) is 4.30. The zero-order valence-corrected chi connectivity index (χ0v) is 12.3. The largest absolute Gasteiger partial charge is 0.326 e. The number of hydrogen-bond acceptors (Lipinski definition) is 2. The van der Waals surface area contributed by atoms with Gasteiger partial charge in [-0.25, -0.2) is 4.39 Å². The van der Waals surface area contributed by atoms with Gasteiger partial charge in [0.2, 0.25) is 0 Å². The van der Waals surface area contributed by atoms with Gasteiger partial charge in [0.25, 0.3) is 0 Å². The number of nitrogens with two attached hydrogens (primary N) is 1. The molecule has 1 rings (SSSR count). The SMILES string of the molecule is CCC(C)(C(N)Cc1cccc(Cl)c1F)N(C)C. The van der Waals surface area contributed by atoms with Crippen molar-refractivity contribution in [3.8, 4) is 0 Å². The highest BCUT2D eigenvalue weighted by Gasteiger charge is 2.32. The molecule has 0 aliphatic rings. The van der Waals surface area contributed by atoms with Crippen LogP contribution in [0.25, 0.3) is 0 Å². The van der Waals surface area contributed by atoms with E-state index >= 15 is 0 Å². The number of nitrogens with zero attached hydrogens (tertiary/aromatic N) is 1. The van der Waals surface area contributed by atoms with Gasteiger partial charge in [-0.15, -0.1) is 0 Å². The molecule has 0 heterocycles. The van der Waals surface area contributed by atoms with Crippen molar-refractivity contribution in [3.63, 3.8) is 0 Å². The smallest absolute Gasteiger partial charge is 0.145 e. The van der Waals surface area contributed by atoms with E-state index in [0.717, 1.165) is 6.42 Å². The Hall–Kier alpha value is -0.640. The molecule has 18 heavy (non-hydrogen) atoms. The minimum Gasteiger partial charge on any atom is -0.326 e. The molecule has 0 radical (unpaired) electrons. The van der Waals surface area contributed by atoms with Crippen LogP contribution in [0.3, 0.4) is 0 Å². The Morgan fingerprint density at radius 3 is 2.56 bits per heavy atom. The van der Waals surface area contributed by atoms with Gasteiger partial charge in [0.1, 0.15) is 5.82 Å². The summed E-state index contributed by atoms with van der Waals surface area (Å²) in [5.74, 6) is -0.355. The quantitative estimate of drug-likeness (QED) is 0.893. The molecule has 0 aromatic heterocycles. The third kappa shape index (κ3) is 3.02. The van der Waals surface area contributed by atoms with Crippen molar-refractivity contribution in [1.29, 1.82) is 0 Å². The van der Waals surface area contributed by atoms with E-state index in [0.29, 0.717) is 12.0 Å². The van der Waals surface area contributed by atoms with Crippen molar-refractivity contribution in [1.82, 2.24) is 4.90 Å². The average Bonchev–Trinajstić information content (AvgIpc) is 2.33. The maximum atomic E-state index is 13.9. The topological polar surface area (TPSA) is 29.3 Å². The molecule has 102 valence electrons. The van der Waals surface area contributed by atoms with E-state index < -0.39 is 0 Å². The molecular formula is C14H22ClFN2. The van der Waals surface area contributed by atoms with Crippen LogP contribution in [0.4, 0.5) is 4.39 Å². The summed E-state index contributed by atoms with van der Waals surface area (Å²) in [4.78, 5) is 2.10. The summed E-state index contributed by atoms with van der Waals surface area (Å²) in [5.41, 5.74) is 6.69. The zero-order valence-electron chi connectivity index (χ0n) is 11.5. The minimum absolute atomic E-state index is 0.148. The summed E-state index contributed by atoms with van der Waals surface area (Å²) in [6.45, 7) is 4.19. The molecule has 1 aromatic rings. The third-order valence-electron chi connectivity index (χ3n) is 4.01. The Labute approximate surface area is 114 Å². The number of rotatable bonds is 5. The lowest BCUT2D eigenvalue weighted by Crippen LogP contribution is -2.55. The van der Waals surface area contributed by atoms with Crippen LogP contribution in [0.5, 0.6) is 0 Å². The van der Waals surface area contributed by atoms with Crippen LogP contribution in [0.2, 0.25) is 5.02 Å². The lowest BCUT2D eigenvalue weighted by atomic mass is 9.84. The molecule has 0 spiro atoms. The molecule has 0 bridgehead atoms. The second-order valence-electron chi connectivity index (χ2n) is 5.13. The number of benzene rings is 1. The molecule has 2 atom stereocenters. The van der Waals surface area contributed by atoms with Crippen molar-refractivity contribution in [2.24, 2.45) is 5.73 Å². The molecule has 0 aliphatic heterocycles. The molecule has 0 amide bonds. The summed E-state index contributed by atoms with van der Waals surface area (Å²) >= 11 is 5.78. The van der Waals surface area contributed by atoms with E-state index in [4.69, 9.17) is 17.3 Å². The maximum absolute atomic E-state index is 13.9. The summed E-state index contributed by atoms with van der Waals surface area (Å²) in [7, 11) is 4.00. The van der Waals surface area contributed by atoms with E-state index in [-0.39, 0.29) is 22.4 Å². The molecule has 0 saturated carbocycles. The highest BCUT2D eigenvalue weighted by atomic mass is 35.5. The van der Waals surface area contributed by atoms with Crippen molar-refractivity contribution in [2.45, 2.75) is 38.3 Å². The molecule has 0 fully saturated rings. The van der Waals surface area contributed by atoms with Crippen LogP contribution in [-0.2, 0) is 6.42 Å². The average molecular weight is 273 g/mol.